The minimum atomic E-state index is 0.101. The fourth-order valence-electron chi connectivity index (χ4n) is 3.65. The molecule has 2 N–H and O–H groups in total. The molecule has 2 heteroatoms. The predicted octanol–water partition coefficient (Wildman–Crippen LogP) is 3.52. The van der Waals surface area contributed by atoms with Crippen molar-refractivity contribution in [2.24, 2.45) is 23.5 Å². The summed E-state index contributed by atoms with van der Waals surface area (Å²) in [5, 5.41) is 0. The Balaban J connectivity index is 1.54. The SMILES string of the molecule is C[C@H](N)c1ccc(OCC2CC3CCC2C3)cc1. The second kappa shape index (κ2) is 4.93. The van der Waals surface area contributed by atoms with E-state index in [1.165, 1.54) is 31.2 Å². The fourth-order valence-corrected chi connectivity index (χ4v) is 3.65. The Morgan fingerprint density at radius 3 is 2.56 bits per heavy atom. The molecule has 3 rings (SSSR count). The average Bonchev–Trinajstić information content (AvgIpc) is 2.99. The standard InChI is InChI=1S/C16H23NO/c1-11(17)13-4-6-16(7-5-13)18-10-15-9-12-2-3-14(15)8-12/h4-7,11-12,14-15H,2-3,8-10,17H2,1H3/t11-,12?,14?,15?/m0/s1. The summed E-state index contributed by atoms with van der Waals surface area (Å²) < 4.78 is 5.94. The number of nitrogens with two attached hydrogens (primary N) is 1. The summed E-state index contributed by atoms with van der Waals surface area (Å²) in [6.07, 6.45) is 5.74. The maximum absolute atomic E-state index is 5.94. The van der Waals surface area contributed by atoms with E-state index in [0.29, 0.717) is 0 Å². The second-order valence-corrected chi connectivity index (χ2v) is 6.10. The van der Waals surface area contributed by atoms with Crippen LogP contribution in [0.3, 0.4) is 0 Å². The molecule has 0 amide bonds. The van der Waals surface area contributed by atoms with Crippen molar-refractivity contribution in [3.63, 3.8) is 0 Å². The fraction of sp³-hybridized carbons (Fsp3) is 0.625. The molecule has 3 unspecified atom stereocenters. The van der Waals surface area contributed by atoms with Crippen LogP contribution in [0.25, 0.3) is 0 Å². The highest BCUT2D eigenvalue weighted by Crippen LogP contribution is 2.48. The number of fused-ring (bicyclic) bond motifs is 2. The van der Waals surface area contributed by atoms with Crippen LogP contribution >= 0.6 is 0 Å². The summed E-state index contributed by atoms with van der Waals surface area (Å²) in [5.74, 6) is 3.74. The van der Waals surface area contributed by atoms with E-state index < -0.39 is 0 Å². The zero-order valence-corrected chi connectivity index (χ0v) is 11.1. The van der Waals surface area contributed by atoms with Gasteiger partial charge in [-0.15, -0.1) is 0 Å². The molecule has 98 valence electrons. The van der Waals surface area contributed by atoms with Gasteiger partial charge in [-0.25, -0.2) is 0 Å². The molecule has 0 saturated heterocycles. The van der Waals surface area contributed by atoms with Gasteiger partial charge in [0.05, 0.1) is 6.61 Å². The molecule has 2 aliphatic rings. The number of hydrogen-bond donors (Lipinski definition) is 1. The molecular formula is C16H23NO. The zero-order chi connectivity index (χ0) is 12.5. The highest BCUT2D eigenvalue weighted by molar-refractivity contribution is 5.28. The third-order valence-electron chi connectivity index (χ3n) is 4.75. The summed E-state index contributed by atoms with van der Waals surface area (Å²) >= 11 is 0. The first kappa shape index (κ1) is 12.0. The van der Waals surface area contributed by atoms with Crippen molar-refractivity contribution in [3.05, 3.63) is 29.8 Å². The Hall–Kier alpha value is -1.02. The molecule has 1 aromatic rings. The number of ether oxygens (including phenoxy) is 1. The topological polar surface area (TPSA) is 35.2 Å². The van der Waals surface area contributed by atoms with Gasteiger partial charge in [0.25, 0.3) is 0 Å². The van der Waals surface area contributed by atoms with Crippen molar-refractivity contribution in [2.75, 3.05) is 6.61 Å². The van der Waals surface area contributed by atoms with E-state index in [-0.39, 0.29) is 6.04 Å². The molecule has 2 fully saturated rings. The van der Waals surface area contributed by atoms with Crippen molar-refractivity contribution in [2.45, 2.75) is 38.6 Å². The molecule has 0 aliphatic heterocycles. The first-order valence-corrected chi connectivity index (χ1v) is 7.20. The molecule has 4 atom stereocenters. The van der Waals surface area contributed by atoms with Gasteiger partial charge in [0.2, 0.25) is 0 Å². The van der Waals surface area contributed by atoms with Gasteiger partial charge in [-0.1, -0.05) is 18.6 Å². The Bertz CT molecular complexity index is 398. The molecule has 0 radical (unpaired) electrons. The predicted molar refractivity (Wildman–Crippen MR) is 73.5 cm³/mol. The summed E-state index contributed by atoms with van der Waals surface area (Å²) in [7, 11) is 0. The van der Waals surface area contributed by atoms with Gasteiger partial charge in [-0.3, -0.25) is 0 Å². The van der Waals surface area contributed by atoms with Crippen LogP contribution in [0.1, 0.15) is 44.2 Å². The molecule has 18 heavy (non-hydrogen) atoms. The van der Waals surface area contributed by atoms with Crippen molar-refractivity contribution >= 4 is 0 Å². The highest BCUT2D eigenvalue weighted by atomic mass is 16.5. The summed E-state index contributed by atoms with van der Waals surface area (Å²) in [4.78, 5) is 0. The van der Waals surface area contributed by atoms with Gasteiger partial charge in [0.15, 0.2) is 0 Å². The maximum Gasteiger partial charge on any atom is 0.119 e. The molecular weight excluding hydrogens is 222 g/mol. The normalized spacial score (nSPS) is 31.6. The van der Waals surface area contributed by atoms with Crippen LogP contribution in [0.2, 0.25) is 0 Å². The van der Waals surface area contributed by atoms with E-state index >= 15 is 0 Å². The quantitative estimate of drug-likeness (QED) is 0.881. The van der Waals surface area contributed by atoms with Crippen LogP contribution < -0.4 is 10.5 Å². The van der Waals surface area contributed by atoms with Gasteiger partial charge in [0, 0.05) is 6.04 Å². The zero-order valence-electron chi connectivity index (χ0n) is 11.1. The summed E-state index contributed by atoms with van der Waals surface area (Å²) in [5.41, 5.74) is 7.01. The Morgan fingerprint density at radius 1 is 1.22 bits per heavy atom. The average molecular weight is 245 g/mol. The number of hydrogen-bond acceptors (Lipinski definition) is 2. The smallest absolute Gasteiger partial charge is 0.119 e. The molecule has 0 spiro atoms. The number of benzene rings is 1. The van der Waals surface area contributed by atoms with Crippen molar-refractivity contribution < 1.29 is 4.74 Å². The van der Waals surface area contributed by atoms with Crippen molar-refractivity contribution in [3.8, 4) is 5.75 Å². The van der Waals surface area contributed by atoms with Gasteiger partial charge < -0.3 is 10.5 Å². The lowest BCUT2D eigenvalue weighted by molar-refractivity contribution is 0.195. The van der Waals surface area contributed by atoms with Gasteiger partial charge in [0.1, 0.15) is 5.75 Å². The van der Waals surface area contributed by atoms with Gasteiger partial charge in [-0.05, 0) is 61.6 Å². The number of rotatable bonds is 4. The minimum Gasteiger partial charge on any atom is -0.493 e. The van der Waals surface area contributed by atoms with Crippen LogP contribution in [-0.2, 0) is 0 Å². The molecule has 2 nitrogen and oxygen atoms in total. The van der Waals surface area contributed by atoms with E-state index in [1.54, 1.807) is 0 Å². The lowest BCUT2D eigenvalue weighted by Crippen LogP contribution is -2.18. The van der Waals surface area contributed by atoms with E-state index in [4.69, 9.17) is 10.5 Å². The first-order chi connectivity index (χ1) is 8.72. The summed E-state index contributed by atoms with van der Waals surface area (Å²) in [6, 6.07) is 8.34. The van der Waals surface area contributed by atoms with E-state index in [2.05, 4.69) is 12.1 Å². The second-order valence-electron chi connectivity index (χ2n) is 6.10. The monoisotopic (exact) mass is 245 g/mol. The lowest BCUT2D eigenvalue weighted by atomic mass is 9.89. The largest absolute Gasteiger partial charge is 0.493 e. The van der Waals surface area contributed by atoms with Crippen molar-refractivity contribution in [1.82, 2.24) is 0 Å². The summed E-state index contributed by atoms with van der Waals surface area (Å²) in [6.45, 7) is 2.91. The van der Waals surface area contributed by atoms with Crippen molar-refractivity contribution in [1.29, 1.82) is 0 Å². The van der Waals surface area contributed by atoms with Crippen LogP contribution in [0, 0.1) is 17.8 Å². The molecule has 0 aromatic heterocycles. The molecule has 1 aromatic carbocycles. The first-order valence-electron chi connectivity index (χ1n) is 7.20. The minimum absolute atomic E-state index is 0.101. The molecule has 2 aliphatic carbocycles. The van der Waals surface area contributed by atoms with Gasteiger partial charge >= 0.3 is 0 Å². The lowest BCUT2D eigenvalue weighted by Gasteiger charge is -2.21. The molecule has 0 heterocycles. The third kappa shape index (κ3) is 2.39. The Kier molecular flexibility index (Phi) is 3.29. The molecule has 2 saturated carbocycles. The maximum atomic E-state index is 5.94. The van der Waals surface area contributed by atoms with E-state index in [9.17, 15) is 0 Å². The Labute approximate surface area is 110 Å². The van der Waals surface area contributed by atoms with Crippen LogP contribution in [0.15, 0.2) is 24.3 Å². The third-order valence-corrected chi connectivity index (χ3v) is 4.75. The van der Waals surface area contributed by atoms with Crippen LogP contribution in [0.4, 0.5) is 0 Å². The van der Waals surface area contributed by atoms with Gasteiger partial charge in [-0.2, -0.15) is 0 Å². The molecule has 2 bridgehead atoms. The highest BCUT2D eigenvalue weighted by Gasteiger charge is 2.39. The van der Waals surface area contributed by atoms with E-state index in [0.717, 1.165) is 30.1 Å². The Morgan fingerprint density at radius 2 is 2.00 bits per heavy atom. The van der Waals surface area contributed by atoms with E-state index in [1.807, 2.05) is 19.1 Å². The van der Waals surface area contributed by atoms with Crippen LogP contribution in [0.5, 0.6) is 5.75 Å². The van der Waals surface area contributed by atoms with Crippen LogP contribution in [-0.4, -0.2) is 6.61 Å².